The number of nitrogens with zero attached hydrogens (tertiary/aromatic N) is 1. The van der Waals surface area contributed by atoms with E-state index >= 15 is 0 Å². The van der Waals surface area contributed by atoms with Crippen molar-refractivity contribution in [3.63, 3.8) is 0 Å². The first-order chi connectivity index (χ1) is 10.2. The lowest BCUT2D eigenvalue weighted by molar-refractivity contribution is -0.138. The highest BCUT2D eigenvalue weighted by Gasteiger charge is 2.34. The largest absolute Gasteiger partial charge is 0.478 e. The summed E-state index contributed by atoms with van der Waals surface area (Å²) in [7, 11) is -1.52. The first-order valence-electron chi connectivity index (χ1n) is 6.78. The molecule has 1 saturated heterocycles. The molecular formula is C14H17BrFNO4S. The van der Waals surface area contributed by atoms with Crippen molar-refractivity contribution in [3.05, 3.63) is 28.5 Å². The minimum atomic E-state index is -3.07. The first-order valence-corrected chi connectivity index (χ1v) is 9.40. The molecule has 1 fully saturated rings. The van der Waals surface area contributed by atoms with Crippen LogP contribution >= 0.6 is 15.9 Å². The summed E-state index contributed by atoms with van der Waals surface area (Å²) in [4.78, 5) is 13.7. The van der Waals surface area contributed by atoms with Crippen LogP contribution in [0.1, 0.15) is 13.3 Å². The topological polar surface area (TPSA) is 63.7 Å². The third-order valence-electron chi connectivity index (χ3n) is 3.65. The Kier molecular flexibility index (Phi) is 5.11. The normalized spacial score (nSPS) is 21.4. The van der Waals surface area contributed by atoms with Gasteiger partial charge in [0.05, 0.1) is 11.5 Å². The van der Waals surface area contributed by atoms with Crippen LogP contribution in [0.15, 0.2) is 22.7 Å². The van der Waals surface area contributed by atoms with Crippen molar-refractivity contribution in [1.82, 2.24) is 4.90 Å². The molecular weight excluding hydrogens is 377 g/mol. The molecule has 0 radical (unpaired) electrons. The van der Waals surface area contributed by atoms with Gasteiger partial charge in [-0.1, -0.05) is 15.9 Å². The molecule has 122 valence electrons. The molecule has 2 atom stereocenters. The second kappa shape index (κ2) is 6.54. The molecule has 0 N–H and O–H groups in total. The number of ether oxygens (including phenoxy) is 1. The third kappa shape index (κ3) is 3.98. The van der Waals surface area contributed by atoms with Crippen LogP contribution in [0.2, 0.25) is 0 Å². The SMILES string of the molecule is C[C@H](Oc1ccc(Br)cc1F)C(=O)N(C)[C@@H]1CCS(=O)(=O)C1. The molecule has 1 aromatic rings. The highest BCUT2D eigenvalue weighted by molar-refractivity contribution is 9.10. The van der Waals surface area contributed by atoms with Gasteiger partial charge in [0, 0.05) is 17.6 Å². The van der Waals surface area contributed by atoms with Crippen LogP contribution in [-0.2, 0) is 14.6 Å². The van der Waals surface area contributed by atoms with Gasteiger partial charge in [-0.25, -0.2) is 12.8 Å². The summed E-state index contributed by atoms with van der Waals surface area (Å²) in [6, 6.07) is 3.95. The molecule has 0 aliphatic carbocycles. The summed E-state index contributed by atoms with van der Waals surface area (Å²) in [5.74, 6) is -0.901. The zero-order valence-electron chi connectivity index (χ0n) is 12.3. The van der Waals surface area contributed by atoms with Gasteiger partial charge in [-0.2, -0.15) is 0 Å². The number of halogens is 2. The lowest BCUT2D eigenvalue weighted by atomic mass is 10.2. The van der Waals surface area contributed by atoms with Crippen LogP contribution in [-0.4, -0.2) is 49.9 Å². The summed E-state index contributed by atoms with van der Waals surface area (Å²) >= 11 is 3.14. The third-order valence-corrected chi connectivity index (χ3v) is 5.89. The lowest BCUT2D eigenvalue weighted by Crippen LogP contribution is -2.44. The molecule has 0 bridgehead atoms. The summed E-state index contributed by atoms with van der Waals surface area (Å²) in [6.45, 7) is 1.52. The Hall–Kier alpha value is -1.15. The highest BCUT2D eigenvalue weighted by atomic mass is 79.9. The predicted octanol–water partition coefficient (Wildman–Crippen LogP) is 2.00. The Balaban J connectivity index is 2.02. The average molecular weight is 394 g/mol. The first kappa shape index (κ1) is 17.2. The fourth-order valence-electron chi connectivity index (χ4n) is 2.36. The summed E-state index contributed by atoms with van der Waals surface area (Å²) in [6.07, 6.45) is -0.479. The van der Waals surface area contributed by atoms with Gasteiger partial charge in [0.25, 0.3) is 5.91 Å². The number of carbonyl (C=O) groups excluding carboxylic acids is 1. The molecule has 1 aliphatic rings. The number of benzene rings is 1. The molecule has 0 unspecified atom stereocenters. The summed E-state index contributed by atoms with van der Waals surface area (Å²) in [5.41, 5.74) is 0. The second-order valence-electron chi connectivity index (χ2n) is 5.34. The predicted molar refractivity (Wildman–Crippen MR) is 84.0 cm³/mol. The molecule has 1 aromatic carbocycles. The molecule has 5 nitrogen and oxygen atoms in total. The van der Waals surface area contributed by atoms with Crippen molar-refractivity contribution in [1.29, 1.82) is 0 Å². The van der Waals surface area contributed by atoms with Crippen molar-refractivity contribution in [3.8, 4) is 5.75 Å². The summed E-state index contributed by atoms with van der Waals surface area (Å²) < 4.78 is 42.6. The van der Waals surface area contributed by atoms with Crippen molar-refractivity contribution < 1.29 is 22.3 Å². The fourth-order valence-corrected chi connectivity index (χ4v) is 4.47. The van der Waals surface area contributed by atoms with Crippen LogP contribution < -0.4 is 4.74 Å². The van der Waals surface area contributed by atoms with E-state index in [1.54, 1.807) is 13.1 Å². The van der Waals surface area contributed by atoms with E-state index in [4.69, 9.17) is 4.74 Å². The van der Waals surface area contributed by atoms with Crippen LogP contribution in [0.25, 0.3) is 0 Å². The molecule has 1 heterocycles. The van der Waals surface area contributed by atoms with Gasteiger partial charge < -0.3 is 9.64 Å². The number of likely N-dealkylation sites (N-methyl/N-ethyl adjacent to an activating group) is 1. The smallest absolute Gasteiger partial charge is 0.263 e. The summed E-state index contributed by atoms with van der Waals surface area (Å²) in [5, 5.41) is 0. The van der Waals surface area contributed by atoms with Crippen molar-refractivity contribution in [2.24, 2.45) is 0 Å². The van der Waals surface area contributed by atoms with Gasteiger partial charge >= 0.3 is 0 Å². The van der Waals surface area contributed by atoms with Gasteiger partial charge in [-0.3, -0.25) is 4.79 Å². The number of carbonyl (C=O) groups is 1. The van der Waals surface area contributed by atoms with Crippen LogP contribution in [0, 0.1) is 5.82 Å². The van der Waals surface area contributed by atoms with E-state index < -0.39 is 21.8 Å². The number of sulfone groups is 1. The monoisotopic (exact) mass is 393 g/mol. The zero-order valence-corrected chi connectivity index (χ0v) is 14.7. The quantitative estimate of drug-likeness (QED) is 0.784. The maximum Gasteiger partial charge on any atom is 0.263 e. The Morgan fingerprint density at radius 3 is 2.73 bits per heavy atom. The van der Waals surface area contributed by atoms with E-state index in [9.17, 15) is 17.6 Å². The molecule has 2 rings (SSSR count). The number of amides is 1. The van der Waals surface area contributed by atoms with E-state index in [0.29, 0.717) is 10.9 Å². The van der Waals surface area contributed by atoms with E-state index in [1.807, 2.05) is 0 Å². The van der Waals surface area contributed by atoms with Crippen molar-refractivity contribution in [2.75, 3.05) is 18.6 Å². The van der Waals surface area contributed by atoms with Crippen molar-refractivity contribution >= 4 is 31.7 Å². The van der Waals surface area contributed by atoms with E-state index in [1.165, 1.54) is 24.0 Å². The number of rotatable bonds is 4. The number of hydrogen-bond donors (Lipinski definition) is 0. The Bertz CT molecular complexity index is 679. The Labute approximate surface area is 137 Å². The van der Waals surface area contributed by atoms with Gasteiger partial charge in [0.2, 0.25) is 0 Å². The number of hydrogen-bond acceptors (Lipinski definition) is 4. The standard InChI is InChI=1S/C14H17BrFNO4S/c1-9(21-13-4-3-10(15)7-12(13)16)14(18)17(2)11-5-6-22(19,20)8-11/h3-4,7,9,11H,5-6,8H2,1-2H3/t9-,11+/m0/s1. The molecule has 22 heavy (non-hydrogen) atoms. The van der Waals surface area contributed by atoms with Crippen LogP contribution in [0.3, 0.4) is 0 Å². The van der Waals surface area contributed by atoms with Gasteiger partial charge in [-0.15, -0.1) is 0 Å². The molecule has 1 amide bonds. The maximum atomic E-state index is 13.7. The van der Waals surface area contributed by atoms with E-state index in [-0.39, 0.29) is 29.2 Å². The van der Waals surface area contributed by atoms with Gasteiger partial charge in [0.1, 0.15) is 0 Å². The molecule has 8 heteroatoms. The van der Waals surface area contributed by atoms with Gasteiger partial charge in [0.15, 0.2) is 27.5 Å². The zero-order chi connectivity index (χ0) is 16.5. The highest BCUT2D eigenvalue weighted by Crippen LogP contribution is 2.23. The lowest BCUT2D eigenvalue weighted by Gasteiger charge is -2.26. The average Bonchev–Trinajstić information content (AvgIpc) is 2.80. The Morgan fingerprint density at radius 2 is 2.18 bits per heavy atom. The Morgan fingerprint density at radius 1 is 1.50 bits per heavy atom. The van der Waals surface area contributed by atoms with Crippen LogP contribution in [0.4, 0.5) is 4.39 Å². The van der Waals surface area contributed by atoms with E-state index in [0.717, 1.165) is 0 Å². The van der Waals surface area contributed by atoms with Crippen LogP contribution in [0.5, 0.6) is 5.75 Å². The van der Waals surface area contributed by atoms with Gasteiger partial charge in [-0.05, 0) is 31.5 Å². The molecule has 0 saturated carbocycles. The minimum Gasteiger partial charge on any atom is -0.478 e. The molecule has 0 spiro atoms. The molecule has 1 aliphatic heterocycles. The molecule has 0 aromatic heterocycles. The van der Waals surface area contributed by atoms with Crippen molar-refractivity contribution in [2.45, 2.75) is 25.5 Å². The van der Waals surface area contributed by atoms with E-state index in [2.05, 4.69) is 15.9 Å². The second-order valence-corrected chi connectivity index (χ2v) is 8.49. The minimum absolute atomic E-state index is 0.0171. The fraction of sp³-hybridized carbons (Fsp3) is 0.500. The maximum absolute atomic E-state index is 13.7.